The van der Waals surface area contributed by atoms with Gasteiger partial charge in [-0.15, -0.1) is 0 Å². The Morgan fingerprint density at radius 1 is 0.319 bits per heavy atom. The van der Waals surface area contributed by atoms with Crippen molar-refractivity contribution in [2.24, 2.45) is 0 Å². The quantitative estimate of drug-likeness (QED) is 0.0195. The van der Waals surface area contributed by atoms with Crippen molar-refractivity contribution in [2.45, 2.75) is 450 Å². The number of carbonyl (C=O) groups excluding carboxylic acids is 3. The number of hydrogen-bond acceptors (Lipinski definition) is 8. The number of rotatable bonds is 78. The zero-order chi connectivity index (χ0) is 66.1. The highest BCUT2D eigenvalue weighted by molar-refractivity contribution is 5.70. The normalized spacial score (nSPS) is 12.6. The minimum atomic E-state index is -1.62. The summed E-state index contributed by atoms with van der Waals surface area (Å²) in [5.74, 6) is -2.24. The minimum Gasteiger partial charge on any atom is -0.545 e. The van der Waals surface area contributed by atoms with E-state index in [1.165, 1.54) is 372 Å². The highest BCUT2D eigenvalue weighted by Crippen LogP contribution is 2.21. The number of unbranched alkanes of at least 4 members (excludes halogenated alkanes) is 61. The fourth-order valence-corrected chi connectivity index (χ4v) is 12.8. The molecule has 0 bridgehead atoms. The Balaban J connectivity index is 3.90. The molecule has 0 aromatic rings. The van der Waals surface area contributed by atoms with Gasteiger partial charge in [0.15, 0.2) is 12.4 Å². The lowest BCUT2D eigenvalue weighted by Gasteiger charge is -2.26. The van der Waals surface area contributed by atoms with Crippen LogP contribution in [0.5, 0.6) is 0 Å². The van der Waals surface area contributed by atoms with Crippen LogP contribution in [-0.4, -0.2) is 82.3 Å². The van der Waals surface area contributed by atoms with Crippen LogP contribution in [0, 0.1) is 0 Å². The molecule has 91 heavy (non-hydrogen) atoms. The summed E-state index contributed by atoms with van der Waals surface area (Å²) in [6.07, 6.45) is 89.3. The number of carboxylic acids is 1. The molecule has 0 aromatic carbocycles. The summed E-state index contributed by atoms with van der Waals surface area (Å²) < 4.78 is 22.9. The van der Waals surface area contributed by atoms with E-state index in [0.717, 1.165) is 38.5 Å². The molecule has 9 nitrogen and oxygen atoms in total. The third-order valence-electron chi connectivity index (χ3n) is 19.0. The lowest BCUT2D eigenvalue weighted by Crippen LogP contribution is -2.44. The second-order valence-electron chi connectivity index (χ2n) is 29.4. The Bertz CT molecular complexity index is 1500. The van der Waals surface area contributed by atoms with E-state index in [9.17, 15) is 19.5 Å². The molecule has 0 aliphatic carbocycles. The van der Waals surface area contributed by atoms with E-state index >= 15 is 0 Å². The van der Waals surface area contributed by atoms with Crippen LogP contribution in [0.15, 0.2) is 12.2 Å². The molecule has 0 fully saturated rings. The van der Waals surface area contributed by atoms with Gasteiger partial charge in [0, 0.05) is 12.8 Å². The number of nitrogens with zero attached hydrogens (tertiary/aromatic N) is 1. The van der Waals surface area contributed by atoms with E-state index < -0.39 is 24.3 Å². The van der Waals surface area contributed by atoms with Gasteiger partial charge in [0.25, 0.3) is 0 Å². The van der Waals surface area contributed by atoms with Crippen molar-refractivity contribution in [3.63, 3.8) is 0 Å². The molecule has 0 N–H and O–H groups in total. The van der Waals surface area contributed by atoms with Crippen molar-refractivity contribution in [3.05, 3.63) is 12.2 Å². The monoisotopic (exact) mass is 1290 g/mol. The minimum absolute atomic E-state index is 0.153. The number of hydrogen-bond donors (Lipinski definition) is 0. The molecule has 2 unspecified atom stereocenters. The van der Waals surface area contributed by atoms with Crippen LogP contribution in [0.3, 0.4) is 0 Å². The number of aliphatic carboxylic acids is 1. The van der Waals surface area contributed by atoms with Crippen LogP contribution < -0.4 is 5.11 Å². The van der Waals surface area contributed by atoms with Crippen LogP contribution in [0.4, 0.5) is 0 Å². The summed E-state index contributed by atoms with van der Waals surface area (Å²) in [6.45, 7) is 4.85. The van der Waals surface area contributed by atoms with Crippen molar-refractivity contribution < 1.29 is 42.9 Å². The Hall–Kier alpha value is -1.97. The van der Waals surface area contributed by atoms with Crippen LogP contribution in [0.25, 0.3) is 0 Å². The molecule has 0 aromatic heterocycles. The van der Waals surface area contributed by atoms with Crippen LogP contribution in [-0.2, 0) is 33.3 Å². The number of likely N-dealkylation sites (N-methyl/N-ethyl adjacent to an activating group) is 1. The summed E-state index contributed by atoms with van der Waals surface area (Å²) in [7, 11) is 5.96. The molecule has 2 atom stereocenters. The molecule has 0 spiro atoms. The van der Waals surface area contributed by atoms with E-state index in [1.54, 1.807) is 0 Å². The summed E-state index contributed by atoms with van der Waals surface area (Å²) in [5, 5.41) is 11.9. The third kappa shape index (κ3) is 75.3. The molecular formula is C82H159NO8. The van der Waals surface area contributed by atoms with Crippen LogP contribution in [0.2, 0.25) is 0 Å². The Morgan fingerprint density at radius 2 is 0.560 bits per heavy atom. The number of carboxylic acid groups (broad SMARTS) is 1. The SMILES string of the molecule is CCCCCCCCCC/C=C\CCCCCCCCCCCCCCCCCCCCCCCCCCCCCCCC(=O)OC(COC(=O)CCCCCCCCCCCCCCCCCCCCCCCCCCC)COC(OCC[N+](C)(C)C)C(=O)[O-]. The average molecular weight is 1290 g/mol. The number of carbonyl (C=O) groups is 3. The fraction of sp³-hybridized carbons (Fsp3) is 0.939. The average Bonchev–Trinajstić information content (AvgIpc) is 3.53. The van der Waals surface area contributed by atoms with Gasteiger partial charge in [-0.25, -0.2) is 0 Å². The van der Waals surface area contributed by atoms with E-state index in [-0.39, 0.29) is 32.2 Å². The van der Waals surface area contributed by atoms with Gasteiger partial charge in [0.05, 0.1) is 40.3 Å². The van der Waals surface area contributed by atoms with Crippen molar-refractivity contribution in [1.29, 1.82) is 0 Å². The first kappa shape index (κ1) is 89.0. The Labute approximate surface area is 567 Å². The second kappa shape index (κ2) is 73.8. The summed E-state index contributed by atoms with van der Waals surface area (Å²) in [5.41, 5.74) is 0. The molecule has 0 saturated heterocycles. The van der Waals surface area contributed by atoms with Crippen molar-refractivity contribution >= 4 is 17.9 Å². The Morgan fingerprint density at radius 3 is 0.813 bits per heavy atom. The standard InChI is InChI=1S/C82H159NO8/c1-6-8-10-12-14-16-18-20-22-24-26-28-30-32-33-34-35-36-37-38-39-40-41-42-43-44-45-46-47-49-51-53-55-57-59-61-63-65-67-69-71-73-80(85)91-78(77-90-82(81(86)87)88-75-74-83(3,4)5)76-89-79(84)72-70-68-66-64-62-60-58-56-54-52-50-48-31-29-27-25-23-21-19-17-15-13-11-9-7-2/h24,26,78,82H,6-23,25,27-77H2,1-5H3/b26-24-. The van der Waals surface area contributed by atoms with Crippen molar-refractivity contribution in [2.75, 3.05) is 47.5 Å². The maximum atomic E-state index is 13.0. The van der Waals surface area contributed by atoms with Crippen molar-refractivity contribution in [1.82, 2.24) is 0 Å². The topological polar surface area (TPSA) is 111 Å². The molecule has 0 amide bonds. The maximum absolute atomic E-state index is 13.0. The van der Waals surface area contributed by atoms with Gasteiger partial charge >= 0.3 is 11.9 Å². The molecule has 0 aliphatic rings. The van der Waals surface area contributed by atoms with Gasteiger partial charge < -0.3 is 33.3 Å². The van der Waals surface area contributed by atoms with Gasteiger partial charge in [0.2, 0.25) is 0 Å². The predicted octanol–water partition coefficient (Wildman–Crippen LogP) is 24.6. The van der Waals surface area contributed by atoms with Gasteiger partial charge in [-0.05, 0) is 38.5 Å². The highest BCUT2D eigenvalue weighted by Gasteiger charge is 2.22. The predicted molar refractivity (Wildman–Crippen MR) is 390 cm³/mol. The summed E-state index contributed by atoms with van der Waals surface area (Å²) in [6, 6.07) is 0. The van der Waals surface area contributed by atoms with Crippen LogP contribution >= 0.6 is 0 Å². The summed E-state index contributed by atoms with van der Waals surface area (Å²) >= 11 is 0. The highest BCUT2D eigenvalue weighted by atomic mass is 16.7. The van der Waals surface area contributed by atoms with E-state index in [2.05, 4.69) is 26.0 Å². The van der Waals surface area contributed by atoms with Gasteiger partial charge in [0.1, 0.15) is 13.2 Å². The van der Waals surface area contributed by atoms with Crippen LogP contribution in [0.1, 0.15) is 438 Å². The second-order valence-corrected chi connectivity index (χ2v) is 29.4. The third-order valence-corrected chi connectivity index (χ3v) is 19.0. The number of allylic oxidation sites excluding steroid dienone is 2. The molecule has 0 saturated carbocycles. The zero-order valence-corrected chi connectivity index (χ0v) is 62.0. The first-order valence-corrected chi connectivity index (χ1v) is 40.8. The van der Waals surface area contributed by atoms with E-state index in [4.69, 9.17) is 18.9 Å². The molecule has 0 rings (SSSR count). The molecule has 540 valence electrons. The first-order valence-electron chi connectivity index (χ1n) is 40.8. The molecule has 9 heteroatoms. The molecule has 0 radical (unpaired) electrons. The van der Waals surface area contributed by atoms with Crippen molar-refractivity contribution in [3.8, 4) is 0 Å². The Kier molecular flexibility index (Phi) is 72.2. The lowest BCUT2D eigenvalue weighted by molar-refractivity contribution is -0.870. The maximum Gasteiger partial charge on any atom is 0.306 e. The lowest BCUT2D eigenvalue weighted by atomic mass is 10.0. The number of esters is 2. The fourth-order valence-electron chi connectivity index (χ4n) is 12.8. The van der Waals surface area contributed by atoms with E-state index in [1.807, 2.05) is 21.1 Å². The van der Waals surface area contributed by atoms with Gasteiger partial charge in [-0.3, -0.25) is 9.59 Å². The smallest absolute Gasteiger partial charge is 0.306 e. The zero-order valence-electron chi connectivity index (χ0n) is 62.0. The number of ether oxygens (including phenoxy) is 4. The molecule has 0 aliphatic heterocycles. The van der Waals surface area contributed by atoms with Gasteiger partial charge in [-0.2, -0.15) is 0 Å². The van der Waals surface area contributed by atoms with E-state index in [0.29, 0.717) is 17.4 Å². The molecule has 0 heterocycles. The first-order chi connectivity index (χ1) is 44.6. The molecular weight excluding hydrogens is 1130 g/mol. The number of quaternary nitrogens is 1. The summed E-state index contributed by atoms with van der Waals surface area (Å²) in [4.78, 5) is 37.6. The van der Waals surface area contributed by atoms with Gasteiger partial charge in [-0.1, -0.05) is 398 Å². The largest absolute Gasteiger partial charge is 0.545 e.